The van der Waals surface area contributed by atoms with Crippen molar-refractivity contribution in [3.63, 3.8) is 0 Å². The Morgan fingerprint density at radius 2 is 1.25 bits per heavy atom. The SMILES string of the molecule is CCCc1c(OCCCOc2c(C(C)=O)ccc(OCCCCCC(=O)OC)c2CCC)ccc(C(C)=O)c1O. The Balaban J connectivity index is 2.04. The summed E-state index contributed by atoms with van der Waals surface area (Å²) >= 11 is 0. The lowest BCUT2D eigenvalue weighted by Gasteiger charge is -2.19. The third-order valence-corrected chi connectivity index (χ3v) is 6.52. The van der Waals surface area contributed by atoms with Crippen LogP contribution in [0.5, 0.6) is 23.0 Å². The molecule has 40 heavy (non-hydrogen) atoms. The van der Waals surface area contributed by atoms with Crippen molar-refractivity contribution in [2.75, 3.05) is 26.9 Å². The summed E-state index contributed by atoms with van der Waals surface area (Å²) in [5, 5.41) is 10.6. The zero-order valence-corrected chi connectivity index (χ0v) is 24.6. The molecule has 0 fully saturated rings. The van der Waals surface area contributed by atoms with E-state index in [2.05, 4.69) is 11.7 Å². The molecular weight excluding hydrogens is 512 g/mol. The number of carbonyl (C=O) groups excluding carboxylic acids is 3. The highest BCUT2D eigenvalue weighted by molar-refractivity contribution is 5.98. The summed E-state index contributed by atoms with van der Waals surface area (Å²) in [7, 11) is 1.39. The highest BCUT2D eigenvalue weighted by Crippen LogP contribution is 2.35. The van der Waals surface area contributed by atoms with Crippen molar-refractivity contribution >= 4 is 17.5 Å². The van der Waals surface area contributed by atoms with E-state index >= 15 is 0 Å². The minimum absolute atomic E-state index is 0.0151. The normalized spacial score (nSPS) is 10.7. The van der Waals surface area contributed by atoms with Gasteiger partial charge in [-0.2, -0.15) is 0 Å². The summed E-state index contributed by atoms with van der Waals surface area (Å²) in [6.45, 7) is 8.19. The first kappa shape index (κ1) is 32.7. The highest BCUT2D eigenvalue weighted by atomic mass is 16.5. The summed E-state index contributed by atoms with van der Waals surface area (Å²) in [6.07, 6.45) is 6.30. The first-order valence-electron chi connectivity index (χ1n) is 14.2. The fraction of sp³-hybridized carbons (Fsp3) is 0.531. The number of ketones is 2. The van der Waals surface area contributed by atoms with Crippen LogP contribution in [0.25, 0.3) is 0 Å². The van der Waals surface area contributed by atoms with E-state index < -0.39 is 0 Å². The molecule has 2 rings (SSSR count). The largest absolute Gasteiger partial charge is 0.507 e. The van der Waals surface area contributed by atoms with Crippen molar-refractivity contribution in [1.29, 1.82) is 0 Å². The Morgan fingerprint density at radius 1 is 0.700 bits per heavy atom. The van der Waals surface area contributed by atoms with Crippen molar-refractivity contribution in [2.24, 2.45) is 0 Å². The highest BCUT2D eigenvalue weighted by Gasteiger charge is 2.19. The van der Waals surface area contributed by atoms with Gasteiger partial charge in [-0.3, -0.25) is 14.4 Å². The molecule has 0 spiro atoms. The third-order valence-electron chi connectivity index (χ3n) is 6.52. The fourth-order valence-electron chi connectivity index (χ4n) is 4.45. The van der Waals surface area contributed by atoms with Gasteiger partial charge in [-0.1, -0.05) is 26.7 Å². The zero-order chi connectivity index (χ0) is 29.5. The fourth-order valence-corrected chi connectivity index (χ4v) is 4.45. The Kier molecular flexibility index (Phi) is 14.0. The van der Waals surface area contributed by atoms with E-state index in [1.165, 1.54) is 21.0 Å². The predicted octanol–water partition coefficient (Wildman–Crippen LogP) is 6.66. The number of esters is 1. The number of phenols is 1. The number of Topliss-reactive ketones (excluding diaryl/α,β-unsaturated/α-hetero) is 2. The molecule has 0 aromatic heterocycles. The lowest BCUT2D eigenvalue weighted by Crippen LogP contribution is -2.11. The van der Waals surface area contributed by atoms with Crippen molar-refractivity contribution in [1.82, 2.24) is 0 Å². The van der Waals surface area contributed by atoms with Gasteiger partial charge in [-0.25, -0.2) is 0 Å². The molecule has 220 valence electrons. The molecule has 8 heteroatoms. The number of benzene rings is 2. The van der Waals surface area contributed by atoms with Crippen molar-refractivity contribution in [3.8, 4) is 23.0 Å². The molecule has 0 amide bonds. The van der Waals surface area contributed by atoms with Gasteiger partial charge < -0.3 is 24.1 Å². The number of unbranched alkanes of at least 4 members (excludes halogenated alkanes) is 2. The molecule has 0 unspecified atom stereocenters. The van der Waals surface area contributed by atoms with Crippen LogP contribution in [0.1, 0.15) is 104 Å². The number of rotatable bonds is 19. The van der Waals surface area contributed by atoms with Crippen LogP contribution in [-0.4, -0.2) is 49.6 Å². The maximum Gasteiger partial charge on any atom is 0.305 e. The second kappa shape index (κ2) is 17.2. The first-order chi connectivity index (χ1) is 19.2. The molecule has 0 radical (unpaired) electrons. The van der Waals surface area contributed by atoms with Crippen molar-refractivity contribution in [3.05, 3.63) is 46.5 Å². The van der Waals surface area contributed by atoms with Crippen LogP contribution >= 0.6 is 0 Å². The Bertz CT molecular complexity index is 1140. The number of hydrogen-bond acceptors (Lipinski definition) is 8. The van der Waals surface area contributed by atoms with Crippen LogP contribution in [0.4, 0.5) is 0 Å². The van der Waals surface area contributed by atoms with Crippen LogP contribution in [0.15, 0.2) is 24.3 Å². The number of carbonyl (C=O) groups is 3. The van der Waals surface area contributed by atoms with Gasteiger partial charge in [0.1, 0.15) is 23.0 Å². The number of aromatic hydroxyl groups is 1. The minimum Gasteiger partial charge on any atom is -0.507 e. The van der Waals surface area contributed by atoms with Crippen LogP contribution < -0.4 is 14.2 Å². The Labute approximate surface area is 238 Å². The Morgan fingerprint density at radius 3 is 1.85 bits per heavy atom. The van der Waals surface area contributed by atoms with E-state index in [4.69, 9.17) is 14.2 Å². The van der Waals surface area contributed by atoms with Gasteiger partial charge in [0.15, 0.2) is 11.6 Å². The van der Waals surface area contributed by atoms with Gasteiger partial charge in [0, 0.05) is 24.0 Å². The van der Waals surface area contributed by atoms with Gasteiger partial charge in [-0.05, 0) is 70.2 Å². The van der Waals surface area contributed by atoms with Crippen molar-refractivity contribution < 1.29 is 38.4 Å². The number of hydrogen-bond donors (Lipinski definition) is 1. The molecule has 0 bridgehead atoms. The molecule has 8 nitrogen and oxygen atoms in total. The van der Waals surface area contributed by atoms with E-state index in [1.807, 2.05) is 13.0 Å². The predicted molar refractivity (Wildman–Crippen MR) is 154 cm³/mol. The molecule has 2 aromatic rings. The van der Waals surface area contributed by atoms with Gasteiger partial charge in [0.25, 0.3) is 0 Å². The summed E-state index contributed by atoms with van der Waals surface area (Å²) in [6, 6.07) is 6.89. The summed E-state index contributed by atoms with van der Waals surface area (Å²) in [5.41, 5.74) is 2.32. The maximum atomic E-state index is 12.4. The average molecular weight is 557 g/mol. The molecule has 0 aliphatic carbocycles. The summed E-state index contributed by atoms with van der Waals surface area (Å²) < 4.78 is 22.9. The van der Waals surface area contributed by atoms with Gasteiger partial charge in [0.2, 0.25) is 0 Å². The zero-order valence-electron chi connectivity index (χ0n) is 24.6. The minimum atomic E-state index is -0.205. The smallest absolute Gasteiger partial charge is 0.305 e. The third kappa shape index (κ3) is 9.57. The molecule has 0 saturated carbocycles. The van der Waals surface area contributed by atoms with E-state index in [0.29, 0.717) is 79.4 Å². The van der Waals surface area contributed by atoms with Gasteiger partial charge >= 0.3 is 5.97 Å². The molecule has 1 N–H and O–H groups in total. The van der Waals surface area contributed by atoms with E-state index in [-0.39, 0.29) is 23.3 Å². The maximum absolute atomic E-state index is 12.4. The van der Waals surface area contributed by atoms with Crippen LogP contribution in [0, 0.1) is 0 Å². The molecule has 0 atom stereocenters. The summed E-state index contributed by atoms with van der Waals surface area (Å²) in [4.78, 5) is 35.5. The van der Waals surface area contributed by atoms with E-state index in [9.17, 15) is 19.5 Å². The topological polar surface area (TPSA) is 108 Å². The van der Waals surface area contributed by atoms with Crippen LogP contribution in [0.2, 0.25) is 0 Å². The summed E-state index contributed by atoms with van der Waals surface area (Å²) in [5.74, 6) is 1.32. The van der Waals surface area contributed by atoms with Gasteiger partial charge in [0.05, 0.1) is 38.1 Å². The van der Waals surface area contributed by atoms with Crippen LogP contribution in [0.3, 0.4) is 0 Å². The second-order valence-electron chi connectivity index (χ2n) is 9.76. The first-order valence-corrected chi connectivity index (χ1v) is 14.2. The monoisotopic (exact) mass is 556 g/mol. The number of phenolic OH excluding ortho intramolecular Hbond substituents is 1. The lowest BCUT2D eigenvalue weighted by atomic mass is 10.0. The number of methoxy groups -OCH3 is 1. The molecule has 2 aromatic carbocycles. The second-order valence-corrected chi connectivity index (χ2v) is 9.76. The van der Waals surface area contributed by atoms with E-state index in [1.54, 1.807) is 18.2 Å². The molecule has 0 aliphatic rings. The molecule has 0 heterocycles. The standard InChI is InChI=1S/C32H44O8/c1-6-12-26-28(17-15-24(22(3)33)31(26)36)39-20-11-21-40-32-25(23(4)34)16-18-29(27(32)13-7-2)38-19-10-8-9-14-30(35)37-5/h15-18,36H,6-14,19-21H2,1-5H3. The molecular formula is C32H44O8. The quantitative estimate of drug-likeness (QED) is 0.116. The number of ether oxygens (including phenoxy) is 4. The molecule has 0 saturated heterocycles. The Hall–Kier alpha value is -3.55. The average Bonchev–Trinajstić information content (AvgIpc) is 2.92. The van der Waals surface area contributed by atoms with Gasteiger partial charge in [-0.15, -0.1) is 0 Å². The molecule has 0 aliphatic heterocycles. The lowest BCUT2D eigenvalue weighted by molar-refractivity contribution is -0.140. The van der Waals surface area contributed by atoms with Crippen LogP contribution in [-0.2, 0) is 22.4 Å². The van der Waals surface area contributed by atoms with E-state index in [0.717, 1.165) is 37.7 Å². The van der Waals surface area contributed by atoms with Crippen molar-refractivity contribution in [2.45, 2.75) is 85.5 Å².